The second-order valence-corrected chi connectivity index (χ2v) is 3.14. The molecule has 72 valence electrons. The molecule has 0 amide bonds. The molecule has 0 unspecified atom stereocenters. The minimum Gasteiger partial charge on any atom is -0.265 e. The van der Waals surface area contributed by atoms with Crippen molar-refractivity contribution >= 4 is 6.08 Å². The quantitative estimate of drug-likeness (QED) is 0.657. The van der Waals surface area contributed by atoms with E-state index < -0.39 is 0 Å². The maximum atomic E-state index is 3.97. The van der Waals surface area contributed by atoms with Crippen LogP contribution in [0.4, 0.5) is 0 Å². The molecule has 0 bridgehead atoms. The molecule has 1 nitrogen and oxygen atoms in total. The molecule has 0 fully saturated rings. The van der Waals surface area contributed by atoms with Crippen LogP contribution in [-0.4, -0.2) is 4.98 Å². The highest BCUT2D eigenvalue weighted by Crippen LogP contribution is 2.07. The average molecular weight is 193 g/mol. The van der Waals surface area contributed by atoms with Gasteiger partial charge in [0.1, 0.15) is 0 Å². The van der Waals surface area contributed by atoms with E-state index in [1.165, 1.54) is 0 Å². The van der Waals surface area contributed by atoms with Crippen molar-refractivity contribution in [3.05, 3.63) is 77.9 Å². The zero-order chi connectivity index (χ0) is 10.3. The molecular weight excluding hydrogens is 182 g/mol. The van der Waals surface area contributed by atoms with Crippen LogP contribution in [0.3, 0.4) is 0 Å². The van der Waals surface area contributed by atoms with Gasteiger partial charge in [0.2, 0.25) is 0 Å². The molecule has 0 atom stereocenters. The Morgan fingerprint density at radius 3 is 2.80 bits per heavy atom. The van der Waals surface area contributed by atoms with Gasteiger partial charge in [-0.25, -0.2) is 0 Å². The van der Waals surface area contributed by atoms with E-state index in [0.717, 1.165) is 11.1 Å². The Balaban J connectivity index is 2.13. The standard InChI is InChI=1S/C14H11N/c1-2-4-6-13(5-3-1)7-8-14-9-11-15-12-10-14/h1,3-12H/b8-7+. The number of hydrogen-bond donors (Lipinski definition) is 0. The molecular formula is C14H11N. The molecule has 0 saturated carbocycles. The minimum atomic E-state index is 1.15. The van der Waals surface area contributed by atoms with Gasteiger partial charge in [0, 0.05) is 12.4 Å². The molecule has 15 heavy (non-hydrogen) atoms. The lowest BCUT2D eigenvalue weighted by molar-refractivity contribution is 1.32. The van der Waals surface area contributed by atoms with Gasteiger partial charge < -0.3 is 0 Å². The van der Waals surface area contributed by atoms with E-state index in [4.69, 9.17) is 0 Å². The van der Waals surface area contributed by atoms with Gasteiger partial charge in [-0.2, -0.15) is 0 Å². The number of nitrogens with zero attached hydrogens (tertiary/aromatic N) is 1. The number of pyridine rings is 1. The molecule has 0 aliphatic heterocycles. The zero-order valence-electron chi connectivity index (χ0n) is 8.30. The third-order valence-corrected chi connectivity index (χ3v) is 2.03. The van der Waals surface area contributed by atoms with Crippen LogP contribution < -0.4 is 0 Å². The Morgan fingerprint density at radius 2 is 1.93 bits per heavy atom. The van der Waals surface area contributed by atoms with E-state index in [-0.39, 0.29) is 0 Å². The first-order valence-corrected chi connectivity index (χ1v) is 4.83. The monoisotopic (exact) mass is 193 g/mol. The van der Waals surface area contributed by atoms with E-state index >= 15 is 0 Å². The van der Waals surface area contributed by atoms with Crippen molar-refractivity contribution in [3.8, 4) is 0 Å². The summed E-state index contributed by atoms with van der Waals surface area (Å²) in [6.45, 7) is 0. The molecule has 1 aliphatic rings. The zero-order valence-corrected chi connectivity index (χ0v) is 8.30. The number of allylic oxidation sites excluding steroid dienone is 6. The summed E-state index contributed by atoms with van der Waals surface area (Å²) >= 11 is 0. The summed E-state index contributed by atoms with van der Waals surface area (Å²) in [5.41, 5.74) is 5.33. The molecule has 1 aromatic heterocycles. The molecule has 0 aromatic carbocycles. The van der Waals surface area contributed by atoms with Gasteiger partial charge in [-0.15, -0.1) is 5.73 Å². The Morgan fingerprint density at radius 1 is 1.07 bits per heavy atom. The van der Waals surface area contributed by atoms with Crippen molar-refractivity contribution < 1.29 is 0 Å². The second-order valence-electron chi connectivity index (χ2n) is 3.14. The van der Waals surface area contributed by atoms with Gasteiger partial charge in [-0.1, -0.05) is 24.3 Å². The Bertz CT molecular complexity index is 469. The molecule has 0 spiro atoms. The second kappa shape index (κ2) is 4.94. The highest BCUT2D eigenvalue weighted by atomic mass is 14.6. The van der Waals surface area contributed by atoms with Crippen molar-refractivity contribution in [2.24, 2.45) is 0 Å². The summed E-state index contributed by atoms with van der Waals surface area (Å²) in [6, 6.07) is 3.96. The molecule has 1 heterocycles. The maximum absolute atomic E-state index is 3.97. The number of aromatic nitrogens is 1. The van der Waals surface area contributed by atoms with E-state index in [1.807, 2.05) is 42.5 Å². The predicted molar refractivity (Wildman–Crippen MR) is 63.1 cm³/mol. The summed E-state index contributed by atoms with van der Waals surface area (Å²) in [4.78, 5) is 3.97. The van der Waals surface area contributed by atoms with Crippen LogP contribution in [0.25, 0.3) is 6.08 Å². The van der Waals surface area contributed by atoms with E-state index in [1.54, 1.807) is 12.4 Å². The van der Waals surface area contributed by atoms with Gasteiger partial charge in [-0.3, -0.25) is 4.98 Å². The normalized spacial score (nSPS) is 14.3. The summed E-state index contributed by atoms with van der Waals surface area (Å²) in [7, 11) is 0. The van der Waals surface area contributed by atoms with Gasteiger partial charge in [-0.05, 0) is 41.5 Å². The molecule has 1 aliphatic carbocycles. The molecule has 2 rings (SSSR count). The lowest BCUT2D eigenvalue weighted by Gasteiger charge is -1.92. The molecule has 0 N–H and O–H groups in total. The molecule has 0 saturated heterocycles. The van der Waals surface area contributed by atoms with Gasteiger partial charge >= 0.3 is 0 Å². The fraction of sp³-hybridized carbons (Fsp3) is 0. The maximum Gasteiger partial charge on any atom is 0.0273 e. The number of hydrogen-bond acceptors (Lipinski definition) is 1. The van der Waals surface area contributed by atoms with Crippen molar-refractivity contribution in [3.63, 3.8) is 0 Å². The fourth-order valence-electron chi connectivity index (χ4n) is 1.25. The van der Waals surface area contributed by atoms with Crippen LogP contribution in [0.5, 0.6) is 0 Å². The topological polar surface area (TPSA) is 12.9 Å². The first-order chi connectivity index (χ1) is 7.45. The molecule has 1 heteroatoms. The van der Waals surface area contributed by atoms with Crippen molar-refractivity contribution in [2.45, 2.75) is 0 Å². The predicted octanol–water partition coefficient (Wildman–Crippen LogP) is 3.30. The Kier molecular flexibility index (Phi) is 3.11. The Hall–Kier alpha value is -2.11. The van der Waals surface area contributed by atoms with Crippen LogP contribution in [-0.2, 0) is 0 Å². The van der Waals surface area contributed by atoms with Gasteiger partial charge in [0.15, 0.2) is 0 Å². The van der Waals surface area contributed by atoms with E-state index in [9.17, 15) is 0 Å². The first kappa shape index (κ1) is 9.45. The lowest BCUT2D eigenvalue weighted by atomic mass is 10.1. The van der Waals surface area contributed by atoms with Crippen molar-refractivity contribution in [1.82, 2.24) is 4.98 Å². The van der Waals surface area contributed by atoms with Crippen LogP contribution in [0.2, 0.25) is 0 Å². The smallest absolute Gasteiger partial charge is 0.0273 e. The Labute approximate surface area is 89.5 Å². The first-order valence-electron chi connectivity index (χ1n) is 4.83. The fourth-order valence-corrected chi connectivity index (χ4v) is 1.25. The SMILES string of the molecule is C1=CC=CC(/C=C/c2ccncc2)=CC=1. The number of rotatable bonds is 2. The molecule has 1 aromatic rings. The van der Waals surface area contributed by atoms with Gasteiger partial charge in [0.05, 0.1) is 0 Å². The van der Waals surface area contributed by atoms with Gasteiger partial charge in [0.25, 0.3) is 0 Å². The summed E-state index contributed by atoms with van der Waals surface area (Å²) in [5, 5.41) is 0. The van der Waals surface area contributed by atoms with Crippen molar-refractivity contribution in [1.29, 1.82) is 0 Å². The van der Waals surface area contributed by atoms with Crippen LogP contribution in [0, 0.1) is 0 Å². The van der Waals surface area contributed by atoms with E-state index in [0.29, 0.717) is 0 Å². The van der Waals surface area contributed by atoms with Crippen LogP contribution in [0.1, 0.15) is 5.56 Å². The largest absolute Gasteiger partial charge is 0.265 e. The average Bonchev–Trinajstić information content (AvgIpc) is 2.56. The third-order valence-electron chi connectivity index (χ3n) is 2.03. The van der Waals surface area contributed by atoms with Crippen LogP contribution >= 0.6 is 0 Å². The summed E-state index contributed by atoms with van der Waals surface area (Å²) < 4.78 is 0. The van der Waals surface area contributed by atoms with Crippen LogP contribution in [0.15, 0.2) is 72.3 Å². The minimum absolute atomic E-state index is 1.15. The van der Waals surface area contributed by atoms with E-state index in [2.05, 4.69) is 22.9 Å². The molecule has 0 radical (unpaired) electrons. The lowest BCUT2D eigenvalue weighted by Crippen LogP contribution is -1.74. The summed E-state index contributed by atoms with van der Waals surface area (Å²) in [5.74, 6) is 0. The highest BCUT2D eigenvalue weighted by Gasteiger charge is 1.87. The highest BCUT2D eigenvalue weighted by molar-refractivity contribution is 5.55. The summed E-state index contributed by atoms with van der Waals surface area (Å²) in [6.07, 6.45) is 17.6. The third kappa shape index (κ3) is 2.94. The van der Waals surface area contributed by atoms with Crippen molar-refractivity contribution in [2.75, 3.05) is 0 Å².